The third-order valence-electron chi connectivity index (χ3n) is 4.66. The molecule has 26 heavy (non-hydrogen) atoms. The Morgan fingerprint density at radius 2 is 1.46 bits per heavy atom. The van der Waals surface area contributed by atoms with Gasteiger partial charge >= 0.3 is 0 Å². The molecule has 2 heterocycles. The highest BCUT2D eigenvalue weighted by Crippen LogP contribution is 2.21. The average molecular weight is 413 g/mol. The van der Waals surface area contributed by atoms with Crippen LogP contribution in [0, 0.1) is 0 Å². The second-order valence-electron chi connectivity index (χ2n) is 6.21. The van der Waals surface area contributed by atoms with Crippen LogP contribution in [-0.2, 0) is 0 Å². The molecular formula is C20H17BrN2O3. The minimum absolute atomic E-state index is 0.00893. The summed E-state index contributed by atoms with van der Waals surface area (Å²) >= 11 is 3.21. The van der Waals surface area contributed by atoms with E-state index < -0.39 is 0 Å². The zero-order valence-corrected chi connectivity index (χ0v) is 15.6. The van der Waals surface area contributed by atoms with Crippen LogP contribution in [0.15, 0.2) is 63.7 Å². The Hall–Kier alpha value is -2.60. The number of fused-ring (bicyclic) bond motifs is 1. The molecule has 0 bridgehead atoms. The molecule has 0 aliphatic carbocycles. The van der Waals surface area contributed by atoms with Gasteiger partial charge in [-0.05, 0) is 44.9 Å². The highest BCUT2D eigenvalue weighted by molar-refractivity contribution is 9.10. The summed E-state index contributed by atoms with van der Waals surface area (Å²) in [5, 5.41) is 2.01. The summed E-state index contributed by atoms with van der Waals surface area (Å²) in [6.45, 7) is 2.01. The van der Waals surface area contributed by atoms with Crippen molar-refractivity contribution in [2.75, 3.05) is 26.2 Å². The van der Waals surface area contributed by atoms with Crippen molar-refractivity contribution >= 4 is 38.5 Å². The lowest BCUT2D eigenvalue weighted by Crippen LogP contribution is -2.50. The normalized spacial score (nSPS) is 14.7. The van der Waals surface area contributed by atoms with Gasteiger partial charge < -0.3 is 14.2 Å². The van der Waals surface area contributed by atoms with Gasteiger partial charge in [-0.3, -0.25) is 9.59 Å². The predicted octanol–water partition coefficient (Wildman–Crippen LogP) is 3.79. The maximum absolute atomic E-state index is 13.0. The van der Waals surface area contributed by atoms with Gasteiger partial charge in [-0.1, -0.05) is 36.4 Å². The van der Waals surface area contributed by atoms with E-state index in [4.69, 9.17) is 4.42 Å². The zero-order valence-electron chi connectivity index (χ0n) is 14.0. The van der Waals surface area contributed by atoms with E-state index in [-0.39, 0.29) is 11.8 Å². The lowest BCUT2D eigenvalue weighted by Gasteiger charge is -2.34. The van der Waals surface area contributed by atoms with Crippen molar-refractivity contribution in [1.29, 1.82) is 0 Å². The number of halogens is 1. The quantitative estimate of drug-likeness (QED) is 0.643. The molecule has 132 valence electrons. The predicted molar refractivity (Wildman–Crippen MR) is 102 cm³/mol. The maximum Gasteiger partial charge on any atom is 0.289 e. The Labute approximate surface area is 159 Å². The Kier molecular flexibility index (Phi) is 4.51. The van der Waals surface area contributed by atoms with Gasteiger partial charge in [0.1, 0.15) is 0 Å². The third kappa shape index (κ3) is 3.12. The topological polar surface area (TPSA) is 53.8 Å². The molecule has 0 radical (unpaired) electrons. The van der Waals surface area contributed by atoms with Gasteiger partial charge in [0.05, 0.1) is 0 Å². The van der Waals surface area contributed by atoms with Crippen molar-refractivity contribution in [3.8, 4) is 0 Å². The van der Waals surface area contributed by atoms with Crippen LogP contribution in [0.5, 0.6) is 0 Å². The Balaban J connectivity index is 1.47. The second kappa shape index (κ2) is 6.96. The van der Waals surface area contributed by atoms with Crippen LogP contribution in [0.2, 0.25) is 0 Å². The first kappa shape index (κ1) is 16.8. The number of nitrogens with zero attached hydrogens (tertiary/aromatic N) is 2. The van der Waals surface area contributed by atoms with Crippen LogP contribution in [0.4, 0.5) is 0 Å². The second-order valence-corrected chi connectivity index (χ2v) is 7.00. The summed E-state index contributed by atoms with van der Waals surface area (Å²) in [5.41, 5.74) is 0.706. The number of amides is 2. The van der Waals surface area contributed by atoms with Crippen LogP contribution in [-0.4, -0.2) is 47.8 Å². The number of benzene rings is 2. The molecule has 0 spiro atoms. The van der Waals surface area contributed by atoms with E-state index in [2.05, 4.69) is 15.9 Å². The van der Waals surface area contributed by atoms with E-state index in [1.165, 1.54) is 0 Å². The number of carbonyl (C=O) groups excluding carboxylic acids is 2. The summed E-state index contributed by atoms with van der Waals surface area (Å²) in [5.74, 6) is 0.174. The van der Waals surface area contributed by atoms with Gasteiger partial charge in [-0.2, -0.15) is 0 Å². The minimum atomic E-state index is -0.145. The first-order valence-corrected chi connectivity index (χ1v) is 9.24. The summed E-state index contributed by atoms with van der Waals surface area (Å²) in [6.07, 6.45) is 0. The standard InChI is InChI=1S/C20H17BrN2O3/c21-18-9-8-17(26-18)20(25)23-12-10-22(11-13-23)19(24)16-7-3-5-14-4-1-2-6-15(14)16/h1-9H,10-13H2. The van der Waals surface area contributed by atoms with Crippen molar-refractivity contribution in [1.82, 2.24) is 9.80 Å². The largest absolute Gasteiger partial charge is 0.444 e. The summed E-state index contributed by atoms with van der Waals surface area (Å²) in [4.78, 5) is 28.9. The van der Waals surface area contributed by atoms with Crippen LogP contribution in [0.3, 0.4) is 0 Å². The molecule has 5 nitrogen and oxygen atoms in total. The number of furan rings is 1. The van der Waals surface area contributed by atoms with Crippen LogP contribution in [0.25, 0.3) is 10.8 Å². The molecule has 0 atom stereocenters. The van der Waals surface area contributed by atoms with E-state index in [9.17, 15) is 9.59 Å². The Morgan fingerprint density at radius 3 is 2.15 bits per heavy atom. The van der Waals surface area contributed by atoms with E-state index in [1.807, 2.05) is 47.4 Å². The highest BCUT2D eigenvalue weighted by atomic mass is 79.9. The average Bonchev–Trinajstić information content (AvgIpc) is 3.13. The number of hydrogen-bond acceptors (Lipinski definition) is 3. The van der Waals surface area contributed by atoms with E-state index in [0.29, 0.717) is 42.2 Å². The van der Waals surface area contributed by atoms with Crippen molar-refractivity contribution in [2.45, 2.75) is 0 Å². The number of hydrogen-bond donors (Lipinski definition) is 0. The van der Waals surface area contributed by atoms with Crippen molar-refractivity contribution in [3.63, 3.8) is 0 Å². The van der Waals surface area contributed by atoms with Gasteiger partial charge in [0, 0.05) is 31.7 Å². The van der Waals surface area contributed by atoms with Crippen molar-refractivity contribution in [3.05, 3.63) is 70.6 Å². The molecule has 1 aliphatic rings. The molecule has 2 aromatic carbocycles. The Morgan fingerprint density at radius 1 is 0.808 bits per heavy atom. The van der Waals surface area contributed by atoms with E-state index in [0.717, 1.165) is 10.8 Å². The van der Waals surface area contributed by atoms with E-state index in [1.54, 1.807) is 17.0 Å². The molecule has 1 saturated heterocycles. The fraction of sp³-hybridized carbons (Fsp3) is 0.200. The summed E-state index contributed by atoms with van der Waals surface area (Å²) in [6, 6.07) is 17.0. The zero-order chi connectivity index (χ0) is 18.1. The first-order valence-electron chi connectivity index (χ1n) is 8.45. The van der Waals surface area contributed by atoms with E-state index >= 15 is 0 Å². The lowest BCUT2D eigenvalue weighted by atomic mass is 10.0. The highest BCUT2D eigenvalue weighted by Gasteiger charge is 2.27. The van der Waals surface area contributed by atoms with Gasteiger partial charge in [-0.15, -0.1) is 0 Å². The first-order chi connectivity index (χ1) is 12.6. The molecule has 6 heteroatoms. The molecule has 4 rings (SSSR count). The van der Waals surface area contributed by atoms with Gasteiger partial charge in [0.2, 0.25) is 0 Å². The van der Waals surface area contributed by atoms with Gasteiger partial charge in [-0.25, -0.2) is 0 Å². The van der Waals surface area contributed by atoms with Gasteiger partial charge in [0.25, 0.3) is 11.8 Å². The molecule has 1 aliphatic heterocycles. The Bertz CT molecular complexity index is 969. The molecule has 0 saturated carbocycles. The fourth-order valence-electron chi connectivity index (χ4n) is 3.28. The van der Waals surface area contributed by atoms with Crippen molar-refractivity contribution in [2.24, 2.45) is 0 Å². The summed E-state index contributed by atoms with van der Waals surface area (Å²) < 4.78 is 5.87. The smallest absolute Gasteiger partial charge is 0.289 e. The molecule has 1 aromatic heterocycles. The molecule has 0 unspecified atom stereocenters. The third-order valence-corrected chi connectivity index (χ3v) is 5.08. The SMILES string of the molecule is O=C(c1ccc(Br)o1)N1CCN(C(=O)c2cccc3ccccc23)CC1. The lowest BCUT2D eigenvalue weighted by molar-refractivity contribution is 0.0518. The molecule has 1 fully saturated rings. The van der Waals surface area contributed by atoms with Crippen LogP contribution >= 0.6 is 15.9 Å². The molecule has 0 N–H and O–H groups in total. The summed E-state index contributed by atoms with van der Waals surface area (Å²) in [7, 11) is 0. The van der Waals surface area contributed by atoms with Gasteiger partial charge in [0.15, 0.2) is 10.4 Å². The maximum atomic E-state index is 13.0. The monoisotopic (exact) mass is 412 g/mol. The molecule has 3 aromatic rings. The number of piperazine rings is 1. The molecular weight excluding hydrogens is 396 g/mol. The number of rotatable bonds is 2. The molecule has 2 amide bonds. The van der Waals surface area contributed by atoms with Crippen molar-refractivity contribution < 1.29 is 14.0 Å². The minimum Gasteiger partial charge on any atom is -0.444 e. The van der Waals surface area contributed by atoms with Crippen LogP contribution in [0.1, 0.15) is 20.9 Å². The number of carbonyl (C=O) groups is 2. The fourth-order valence-corrected chi connectivity index (χ4v) is 3.59. The van der Waals surface area contributed by atoms with Crippen LogP contribution < -0.4 is 0 Å².